The largest absolute Gasteiger partial charge is 0.481 e. The Kier molecular flexibility index (Phi) is 4.33. The van der Waals surface area contributed by atoms with Gasteiger partial charge in [-0.3, -0.25) is 4.79 Å². The molecule has 0 bridgehead atoms. The highest BCUT2D eigenvalue weighted by molar-refractivity contribution is 5.88. The van der Waals surface area contributed by atoms with E-state index in [1.165, 1.54) is 12.3 Å². The Hall–Kier alpha value is -2.11. The zero-order chi connectivity index (χ0) is 13.7. The molecule has 0 unspecified atom stereocenters. The number of carboxylic acid groups (broad SMARTS) is 1. The topological polar surface area (TPSA) is 88.5 Å². The quantitative estimate of drug-likeness (QED) is 0.834. The third-order valence-electron chi connectivity index (χ3n) is 3.05. The Labute approximate surface area is 110 Å². The van der Waals surface area contributed by atoms with Crippen molar-refractivity contribution in [3.63, 3.8) is 0 Å². The van der Waals surface area contributed by atoms with Gasteiger partial charge in [0.05, 0.1) is 0 Å². The molecule has 0 atom stereocenters. The Morgan fingerprint density at radius 1 is 1.42 bits per heavy atom. The number of aromatic nitrogens is 1. The minimum atomic E-state index is -1.17. The van der Waals surface area contributed by atoms with Crippen LogP contribution < -0.4 is 10.1 Å². The molecule has 1 heterocycles. The first kappa shape index (κ1) is 13.3. The maximum Gasteiger partial charge on any atom is 0.358 e. The van der Waals surface area contributed by atoms with Gasteiger partial charge in [0.25, 0.3) is 5.91 Å². The third-order valence-corrected chi connectivity index (χ3v) is 3.05. The van der Waals surface area contributed by atoms with Crippen molar-refractivity contribution in [2.24, 2.45) is 0 Å². The van der Waals surface area contributed by atoms with Crippen molar-refractivity contribution in [1.82, 2.24) is 10.3 Å². The third kappa shape index (κ3) is 3.67. The fourth-order valence-corrected chi connectivity index (χ4v) is 2.15. The molecular formula is C13H16N2O4. The Morgan fingerprint density at radius 2 is 2.16 bits per heavy atom. The van der Waals surface area contributed by atoms with Gasteiger partial charge in [-0.2, -0.15) is 0 Å². The molecule has 6 nitrogen and oxygen atoms in total. The van der Waals surface area contributed by atoms with Crippen molar-refractivity contribution in [2.75, 3.05) is 6.61 Å². The van der Waals surface area contributed by atoms with E-state index in [9.17, 15) is 9.59 Å². The highest BCUT2D eigenvalue weighted by atomic mass is 16.5. The summed E-state index contributed by atoms with van der Waals surface area (Å²) in [5.74, 6) is -1.30. The molecule has 2 N–H and O–H groups in total. The van der Waals surface area contributed by atoms with Crippen molar-refractivity contribution < 1.29 is 19.4 Å². The minimum absolute atomic E-state index is 0.108. The van der Waals surface area contributed by atoms with Crippen LogP contribution in [-0.4, -0.2) is 34.6 Å². The van der Waals surface area contributed by atoms with Crippen molar-refractivity contribution in [3.05, 3.63) is 24.0 Å². The fraction of sp³-hybridized carbons (Fsp3) is 0.462. The first-order valence-electron chi connectivity index (χ1n) is 6.27. The smallest absolute Gasteiger partial charge is 0.358 e. The standard InChI is InChI=1S/C13H16N2O4/c16-11(15-9-4-1-2-5-9)8-19-10-6-3-7-14-12(10)13(17)18/h3,6-7,9H,1-2,4-5,8H2,(H,15,16)(H,17,18). The summed E-state index contributed by atoms with van der Waals surface area (Å²) in [4.78, 5) is 26.3. The monoisotopic (exact) mass is 264 g/mol. The van der Waals surface area contributed by atoms with Crippen molar-refractivity contribution >= 4 is 11.9 Å². The summed E-state index contributed by atoms with van der Waals surface area (Å²) in [6, 6.07) is 3.28. The summed E-state index contributed by atoms with van der Waals surface area (Å²) in [5.41, 5.74) is -0.184. The molecule has 0 aromatic carbocycles. The van der Waals surface area contributed by atoms with Gasteiger partial charge in [0.15, 0.2) is 18.1 Å². The number of nitrogens with zero attached hydrogens (tertiary/aromatic N) is 1. The van der Waals surface area contributed by atoms with Crippen LogP contribution in [0.2, 0.25) is 0 Å². The summed E-state index contributed by atoms with van der Waals surface area (Å²) in [6.45, 7) is -0.192. The summed E-state index contributed by atoms with van der Waals surface area (Å²) in [6.07, 6.45) is 5.64. The summed E-state index contributed by atoms with van der Waals surface area (Å²) in [7, 11) is 0. The van der Waals surface area contributed by atoms with Gasteiger partial charge in [0.2, 0.25) is 0 Å². The average molecular weight is 264 g/mol. The molecule has 102 valence electrons. The maximum atomic E-state index is 11.6. The number of nitrogens with one attached hydrogen (secondary N) is 1. The molecule has 1 fully saturated rings. The number of aromatic carboxylic acids is 1. The second-order valence-corrected chi connectivity index (χ2v) is 4.49. The number of amides is 1. The number of carbonyl (C=O) groups is 2. The molecule has 19 heavy (non-hydrogen) atoms. The molecular weight excluding hydrogens is 248 g/mol. The maximum absolute atomic E-state index is 11.6. The van der Waals surface area contributed by atoms with Crippen LogP contribution >= 0.6 is 0 Å². The van der Waals surface area contributed by atoms with Crippen LogP contribution in [0.15, 0.2) is 18.3 Å². The van der Waals surface area contributed by atoms with E-state index in [2.05, 4.69) is 10.3 Å². The molecule has 1 aliphatic rings. The predicted octanol–water partition coefficient (Wildman–Crippen LogP) is 1.22. The van der Waals surface area contributed by atoms with Gasteiger partial charge in [0, 0.05) is 12.2 Å². The van der Waals surface area contributed by atoms with E-state index in [0.29, 0.717) is 0 Å². The highest BCUT2D eigenvalue weighted by Gasteiger charge is 2.18. The van der Waals surface area contributed by atoms with Crippen molar-refractivity contribution in [2.45, 2.75) is 31.7 Å². The van der Waals surface area contributed by atoms with Gasteiger partial charge in [-0.05, 0) is 25.0 Å². The number of hydrogen-bond acceptors (Lipinski definition) is 4. The summed E-state index contributed by atoms with van der Waals surface area (Å²) >= 11 is 0. The van der Waals surface area contributed by atoms with Crippen LogP contribution in [0.1, 0.15) is 36.2 Å². The first-order chi connectivity index (χ1) is 9.16. The number of ether oxygens (including phenoxy) is 1. The van der Waals surface area contributed by atoms with Gasteiger partial charge in [-0.15, -0.1) is 0 Å². The molecule has 1 amide bonds. The normalized spacial score (nSPS) is 15.2. The van der Waals surface area contributed by atoms with Gasteiger partial charge in [0.1, 0.15) is 0 Å². The molecule has 0 radical (unpaired) electrons. The zero-order valence-electron chi connectivity index (χ0n) is 10.5. The predicted molar refractivity (Wildman–Crippen MR) is 67.1 cm³/mol. The Balaban J connectivity index is 1.87. The van der Waals surface area contributed by atoms with Crippen LogP contribution in [0, 0.1) is 0 Å². The Morgan fingerprint density at radius 3 is 2.84 bits per heavy atom. The number of hydrogen-bond donors (Lipinski definition) is 2. The molecule has 1 aromatic rings. The zero-order valence-corrected chi connectivity index (χ0v) is 10.5. The van der Waals surface area contributed by atoms with Crippen LogP contribution in [0.25, 0.3) is 0 Å². The van der Waals surface area contributed by atoms with Gasteiger partial charge >= 0.3 is 5.97 Å². The molecule has 0 aliphatic heterocycles. The van der Waals surface area contributed by atoms with E-state index in [4.69, 9.17) is 9.84 Å². The van der Waals surface area contributed by atoms with Crippen LogP contribution in [0.5, 0.6) is 5.75 Å². The second-order valence-electron chi connectivity index (χ2n) is 4.49. The minimum Gasteiger partial charge on any atom is -0.481 e. The van der Waals surface area contributed by atoms with E-state index in [1.807, 2.05) is 0 Å². The van der Waals surface area contributed by atoms with Gasteiger partial charge in [-0.25, -0.2) is 9.78 Å². The lowest BCUT2D eigenvalue weighted by molar-refractivity contribution is -0.123. The van der Waals surface area contributed by atoms with E-state index in [0.717, 1.165) is 25.7 Å². The van der Waals surface area contributed by atoms with Crippen LogP contribution in [-0.2, 0) is 4.79 Å². The Bertz CT molecular complexity index is 469. The molecule has 2 rings (SSSR count). The average Bonchev–Trinajstić information content (AvgIpc) is 2.89. The number of carboxylic acids is 1. The van der Waals surface area contributed by atoms with Crippen LogP contribution in [0.4, 0.5) is 0 Å². The van der Waals surface area contributed by atoms with E-state index in [1.54, 1.807) is 6.07 Å². The van der Waals surface area contributed by atoms with Crippen molar-refractivity contribution in [1.29, 1.82) is 0 Å². The highest BCUT2D eigenvalue weighted by Crippen LogP contribution is 2.18. The summed E-state index contributed by atoms with van der Waals surface area (Å²) < 4.78 is 5.22. The number of carbonyl (C=O) groups excluding carboxylic acids is 1. The lowest BCUT2D eigenvalue weighted by Crippen LogP contribution is -2.36. The molecule has 1 saturated carbocycles. The molecule has 1 aromatic heterocycles. The lowest BCUT2D eigenvalue weighted by Gasteiger charge is -2.12. The van der Waals surface area contributed by atoms with Crippen LogP contribution in [0.3, 0.4) is 0 Å². The molecule has 1 aliphatic carbocycles. The van der Waals surface area contributed by atoms with Gasteiger partial charge < -0.3 is 15.2 Å². The molecule has 0 spiro atoms. The summed E-state index contributed by atoms with van der Waals surface area (Å²) in [5, 5.41) is 11.8. The second kappa shape index (κ2) is 6.17. The van der Waals surface area contributed by atoms with Crippen molar-refractivity contribution in [3.8, 4) is 5.75 Å². The number of pyridine rings is 1. The lowest BCUT2D eigenvalue weighted by atomic mass is 10.2. The number of rotatable bonds is 5. The first-order valence-corrected chi connectivity index (χ1v) is 6.27. The van der Waals surface area contributed by atoms with Gasteiger partial charge in [-0.1, -0.05) is 12.8 Å². The molecule has 0 saturated heterocycles. The molecule has 6 heteroatoms. The fourth-order valence-electron chi connectivity index (χ4n) is 2.15. The van der Waals surface area contributed by atoms with E-state index in [-0.39, 0.29) is 30.0 Å². The van der Waals surface area contributed by atoms with E-state index < -0.39 is 5.97 Å². The SMILES string of the molecule is O=C(COc1cccnc1C(=O)O)NC1CCCC1. The van der Waals surface area contributed by atoms with E-state index >= 15 is 0 Å².